The number of hydroxylamine groups is 2. The van der Waals surface area contributed by atoms with Gasteiger partial charge in [0.05, 0.1) is 17.0 Å². The van der Waals surface area contributed by atoms with E-state index in [1.165, 1.54) is 23.3 Å². The first kappa shape index (κ1) is 23.6. The minimum absolute atomic E-state index is 0.0221. The highest BCUT2D eigenvalue weighted by Gasteiger charge is 2.48. The number of nitrogens with zero attached hydrogens (tertiary/aromatic N) is 2. The van der Waals surface area contributed by atoms with Crippen molar-refractivity contribution < 1.29 is 28.8 Å². The average molecular weight is 523 g/mol. The van der Waals surface area contributed by atoms with Gasteiger partial charge in [0, 0.05) is 18.0 Å². The lowest BCUT2D eigenvalue weighted by Crippen LogP contribution is -2.49. The number of carbonyl (C=O) groups is 4. The number of benzene rings is 3. The molecule has 0 spiro atoms. The van der Waals surface area contributed by atoms with Gasteiger partial charge in [-0.15, -0.1) is 0 Å². The zero-order valence-corrected chi connectivity index (χ0v) is 21.1. The highest BCUT2D eigenvalue weighted by Crippen LogP contribution is 2.45. The number of carbonyl (C=O) groups excluding carboxylic acids is 4. The van der Waals surface area contributed by atoms with E-state index in [0.717, 1.165) is 24.0 Å². The largest absolute Gasteiger partial charge is 0.448 e. The Kier molecular flexibility index (Phi) is 5.50. The third-order valence-electron chi connectivity index (χ3n) is 8.55. The summed E-state index contributed by atoms with van der Waals surface area (Å²) in [6.07, 6.45) is 1.99. The smallest absolute Gasteiger partial charge is 0.410 e. The Bertz CT molecular complexity index is 1440. The summed E-state index contributed by atoms with van der Waals surface area (Å²) in [4.78, 5) is 58.6. The Hall–Kier alpha value is -4.46. The minimum atomic E-state index is -0.636. The van der Waals surface area contributed by atoms with E-state index in [4.69, 9.17) is 9.57 Å². The number of piperidine rings is 1. The van der Waals surface area contributed by atoms with Crippen LogP contribution in [-0.4, -0.2) is 52.5 Å². The summed E-state index contributed by atoms with van der Waals surface area (Å²) in [5.41, 5.74) is 5.10. The number of fused-ring (bicyclic) bond motifs is 6. The van der Waals surface area contributed by atoms with Crippen LogP contribution in [0.3, 0.4) is 0 Å². The molecule has 3 aliphatic heterocycles. The van der Waals surface area contributed by atoms with Gasteiger partial charge in [-0.25, -0.2) is 9.59 Å². The zero-order chi connectivity index (χ0) is 26.7. The number of hydrogen-bond donors (Lipinski definition) is 0. The van der Waals surface area contributed by atoms with E-state index < -0.39 is 23.7 Å². The summed E-state index contributed by atoms with van der Waals surface area (Å²) in [7, 11) is 0. The molecule has 0 radical (unpaired) electrons. The van der Waals surface area contributed by atoms with Crippen LogP contribution in [0, 0.1) is 5.92 Å². The Balaban J connectivity index is 1.00. The topological polar surface area (TPSA) is 93.2 Å². The quantitative estimate of drug-likeness (QED) is 0.451. The van der Waals surface area contributed by atoms with Crippen LogP contribution < -0.4 is 0 Å². The number of rotatable bonds is 4. The molecular formula is C31H26N2O6. The van der Waals surface area contributed by atoms with E-state index in [9.17, 15) is 19.2 Å². The standard InChI is InChI=1S/C31H26N2O6/c34-28-25-11-5-6-12-26(25)29(35)33(28)39-30(36)18-15-19-13-14-20(16-18)32(19)31(37)38-17-27-23-9-3-1-7-21(23)22-8-2-4-10-24(22)27/h1-12,18-20,27H,13-17H2. The maximum Gasteiger partial charge on any atom is 0.410 e. The summed E-state index contributed by atoms with van der Waals surface area (Å²) in [5.74, 6) is -2.42. The molecule has 3 amide bonds. The van der Waals surface area contributed by atoms with Crippen LogP contribution >= 0.6 is 0 Å². The molecule has 8 nitrogen and oxygen atoms in total. The molecule has 2 saturated heterocycles. The summed E-state index contributed by atoms with van der Waals surface area (Å²) in [6.45, 7) is 0.244. The molecule has 39 heavy (non-hydrogen) atoms. The highest BCUT2D eigenvalue weighted by atomic mass is 16.7. The first-order valence-corrected chi connectivity index (χ1v) is 13.3. The van der Waals surface area contributed by atoms with Crippen molar-refractivity contribution in [2.75, 3.05) is 6.61 Å². The normalized spacial score (nSPS) is 22.9. The number of hydrogen-bond acceptors (Lipinski definition) is 6. The molecular weight excluding hydrogens is 496 g/mol. The SMILES string of the molecule is O=C(ON1C(=O)c2ccccc2C1=O)C1CC2CCC(C1)N2C(=O)OCC1c2ccccc2-c2ccccc21. The highest BCUT2D eigenvalue weighted by molar-refractivity contribution is 6.20. The van der Waals surface area contributed by atoms with Gasteiger partial charge in [-0.05, 0) is 60.1 Å². The second-order valence-corrected chi connectivity index (χ2v) is 10.6. The Morgan fingerprint density at radius 3 is 1.74 bits per heavy atom. The fraction of sp³-hybridized carbons (Fsp3) is 0.290. The van der Waals surface area contributed by atoms with Gasteiger partial charge in [0.1, 0.15) is 6.61 Å². The van der Waals surface area contributed by atoms with Crippen LogP contribution in [0.25, 0.3) is 11.1 Å². The van der Waals surface area contributed by atoms with Gasteiger partial charge in [0.2, 0.25) is 0 Å². The average Bonchev–Trinajstić information content (AvgIpc) is 3.52. The van der Waals surface area contributed by atoms with Gasteiger partial charge in [0.25, 0.3) is 11.8 Å². The fourth-order valence-electron chi connectivity index (χ4n) is 6.75. The minimum Gasteiger partial charge on any atom is -0.448 e. The van der Waals surface area contributed by atoms with E-state index in [-0.39, 0.29) is 41.8 Å². The second-order valence-electron chi connectivity index (χ2n) is 10.6. The summed E-state index contributed by atoms with van der Waals surface area (Å²) < 4.78 is 5.90. The first-order valence-electron chi connectivity index (χ1n) is 13.3. The molecule has 2 unspecified atom stereocenters. The van der Waals surface area contributed by atoms with Crippen LogP contribution in [0.2, 0.25) is 0 Å². The molecule has 3 heterocycles. The number of amides is 3. The Morgan fingerprint density at radius 2 is 1.21 bits per heavy atom. The van der Waals surface area contributed by atoms with Crippen LogP contribution in [-0.2, 0) is 14.4 Å². The molecule has 3 aromatic rings. The predicted molar refractivity (Wildman–Crippen MR) is 139 cm³/mol. The molecule has 0 N–H and O–H groups in total. The summed E-state index contributed by atoms with van der Waals surface area (Å²) in [5, 5.41) is 0.562. The molecule has 0 saturated carbocycles. The van der Waals surface area contributed by atoms with Gasteiger partial charge in [0.15, 0.2) is 0 Å². The summed E-state index contributed by atoms with van der Waals surface area (Å²) >= 11 is 0. The molecule has 7 rings (SSSR count). The van der Waals surface area contributed by atoms with Crippen LogP contribution in [0.4, 0.5) is 4.79 Å². The maximum atomic E-state index is 13.3. The lowest BCUT2D eigenvalue weighted by molar-refractivity contribution is -0.176. The van der Waals surface area contributed by atoms with Gasteiger partial charge < -0.3 is 14.5 Å². The molecule has 2 fully saturated rings. The second kappa shape index (κ2) is 9.08. The van der Waals surface area contributed by atoms with E-state index in [1.54, 1.807) is 17.0 Å². The third kappa shape index (κ3) is 3.73. The molecule has 2 atom stereocenters. The van der Waals surface area contributed by atoms with Crippen molar-refractivity contribution in [1.29, 1.82) is 0 Å². The predicted octanol–water partition coefficient (Wildman–Crippen LogP) is 4.93. The molecule has 4 aliphatic rings. The lowest BCUT2D eigenvalue weighted by atomic mass is 9.91. The number of ether oxygens (including phenoxy) is 1. The van der Waals surface area contributed by atoms with E-state index in [2.05, 4.69) is 24.3 Å². The van der Waals surface area contributed by atoms with E-state index >= 15 is 0 Å². The van der Waals surface area contributed by atoms with Crippen LogP contribution in [0.15, 0.2) is 72.8 Å². The third-order valence-corrected chi connectivity index (χ3v) is 8.55. The van der Waals surface area contributed by atoms with Crippen molar-refractivity contribution in [2.24, 2.45) is 5.92 Å². The molecule has 8 heteroatoms. The van der Waals surface area contributed by atoms with Crippen molar-refractivity contribution in [1.82, 2.24) is 9.96 Å². The fourth-order valence-corrected chi connectivity index (χ4v) is 6.75. The molecule has 3 aromatic carbocycles. The Labute approximate surface area is 225 Å². The molecule has 2 bridgehead atoms. The Morgan fingerprint density at radius 1 is 0.718 bits per heavy atom. The van der Waals surface area contributed by atoms with Gasteiger partial charge in [-0.2, -0.15) is 0 Å². The first-order chi connectivity index (χ1) is 19.0. The van der Waals surface area contributed by atoms with Gasteiger partial charge >= 0.3 is 12.1 Å². The van der Waals surface area contributed by atoms with Crippen molar-refractivity contribution in [3.63, 3.8) is 0 Å². The van der Waals surface area contributed by atoms with Crippen molar-refractivity contribution in [3.05, 3.63) is 95.1 Å². The maximum absolute atomic E-state index is 13.3. The van der Waals surface area contributed by atoms with E-state index in [1.807, 2.05) is 24.3 Å². The summed E-state index contributed by atoms with van der Waals surface area (Å²) in [6, 6.07) is 22.5. The van der Waals surface area contributed by atoms with Gasteiger partial charge in [-0.3, -0.25) is 9.59 Å². The van der Waals surface area contributed by atoms with Crippen LogP contribution in [0.5, 0.6) is 0 Å². The zero-order valence-electron chi connectivity index (χ0n) is 21.1. The van der Waals surface area contributed by atoms with E-state index in [0.29, 0.717) is 17.9 Å². The monoisotopic (exact) mass is 522 g/mol. The molecule has 1 aliphatic carbocycles. The molecule has 196 valence electrons. The van der Waals surface area contributed by atoms with Crippen LogP contribution in [0.1, 0.15) is 63.4 Å². The lowest BCUT2D eigenvalue weighted by Gasteiger charge is -2.37. The van der Waals surface area contributed by atoms with Gasteiger partial charge in [-0.1, -0.05) is 65.7 Å². The van der Waals surface area contributed by atoms with Crippen molar-refractivity contribution in [2.45, 2.75) is 43.7 Å². The number of imide groups is 1. The van der Waals surface area contributed by atoms with Crippen molar-refractivity contribution >= 4 is 23.9 Å². The van der Waals surface area contributed by atoms with Crippen molar-refractivity contribution in [3.8, 4) is 11.1 Å². The molecule has 0 aromatic heterocycles.